The van der Waals surface area contributed by atoms with Gasteiger partial charge in [0, 0.05) is 12.4 Å². The molecule has 3 nitrogen and oxygen atoms in total. The van der Waals surface area contributed by atoms with Crippen molar-refractivity contribution in [1.82, 2.24) is 4.98 Å². The zero-order valence-electron chi connectivity index (χ0n) is 7.45. The molecule has 68 valence electrons. The lowest BCUT2D eigenvalue weighted by atomic mass is 10.0. The summed E-state index contributed by atoms with van der Waals surface area (Å²) in [6.45, 7) is 2.11. The molecule has 2 rings (SSSR count). The Balaban J connectivity index is 2.57. The molecule has 0 aromatic carbocycles. The Labute approximate surface area is 76.4 Å². The monoisotopic (exact) mass is 177 g/mol. The maximum Gasteiger partial charge on any atom is 0.337 e. The third-order valence-electron chi connectivity index (χ3n) is 2.68. The van der Waals surface area contributed by atoms with Gasteiger partial charge in [-0.1, -0.05) is 6.92 Å². The van der Waals surface area contributed by atoms with Crippen molar-refractivity contribution in [2.24, 2.45) is 0 Å². The quantitative estimate of drug-likeness (QED) is 0.711. The Morgan fingerprint density at radius 2 is 2.38 bits per heavy atom. The summed E-state index contributed by atoms with van der Waals surface area (Å²) < 4.78 is 0. The highest BCUT2D eigenvalue weighted by atomic mass is 16.4. The van der Waals surface area contributed by atoms with Gasteiger partial charge in [-0.05, 0) is 29.9 Å². The molecule has 13 heavy (non-hydrogen) atoms. The molecule has 1 heterocycles. The molecule has 0 spiro atoms. The Hall–Kier alpha value is -1.38. The number of hydrogen-bond donors (Lipinski definition) is 1. The summed E-state index contributed by atoms with van der Waals surface area (Å²) in [5.74, 6) is -0.403. The largest absolute Gasteiger partial charge is 0.478 e. The van der Waals surface area contributed by atoms with Crippen molar-refractivity contribution in [3.05, 3.63) is 29.1 Å². The molecule has 3 heteroatoms. The van der Waals surface area contributed by atoms with Gasteiger partial charge in [0.1, 0.15) is 0 Å². The van der Waals surface area contributed by atoms with Gasteiger partial charge < -0.3 is 5.11 Å². The van der Waals surface area contributed by atoms with Gasteiger partial charge in [-0.3, -0.25) is 4.98 Å². The van der Waals surface area contributed by atoms with Gasteiger partial charge in [-0.25, -0.2) is 4.79 Å². The molecule has 0 saturated heterocycles. The second-order valence-corrected chi connectivity index (χ2v) is 3.50. The maximum absolute atomic E-state index is 10.8. The lowest BCUT2D eigenvalue weighted by molar-refractivity contribution is 0.0695. The number of carboxylic acids is 1. The molecule has 1 unspecified atom stereocenters. The zero-order chi connectivity index (χ0) is 9.42. The van der Waals surface area contributed by atoms with Crippen molar-refractivity contribution in [3.8, 4) is 0 Å². The van der Waals surface area contributed by atoms with Gasteiger partial charge in [0.05, 0.1) is 5.56 Å². The third-order valence-corrected chi connectivity index (χ3v) is 2.68. The highest BCUT2D eigenvalue weighted by molar-refractivity contribution is 5.89. The Bertz CT molecular complexity index is 360. The summed E-state index contributed by atoms with van der Waals surface area (Å²) in [4.78, 5) is 14.8. The van der Waals surface area contributed by atoms with Crippen LogP contribution < -0.4 is 0 Å². The topological polar surface area (TPSA) is 50.2 Å². The standard InChI is InChI=1S/C10H11NO2/c1-6-2-3-7-8(6)4-11-5-9(7)10(12)13/h4-6H,2-3H2,1H3,(H,12,13). The summed E-state index contributed by atoms with van der Waals surface area (Å²) in [6, 6.07) is 0. The Kier molecular flexibility index (Phi) is 1.79. The van der Waals surface area contributed by atoms with E-state index in [9.17, 15) is 4.79 Å². The molecule has 1 N–H and O–H groups in total. The molecule has 1 aliphatic rings. The second-order valence-electron chi connectivity index (χ2n) is 3.50. The van der Waals surface area contributed by atoms with Gasteiger partial charge in [-0.15, -0.1) is 0 Å². The van der Waals surface area contributed by atoms with Crippen LogP contribution in [0.25, 0.3) is 0 Å². The smallest absolute Gasteiger partial charge is 0.337 e. The van der Waals surface area contributed by atoms with Crippen molar-refractivity contribution in [1.29, 1.82) is 0 Å². The van der Waals surface area contributed by atoms with Crippen LogP contribution in [0.5, 0.6) is 0 Å². The summed E-state index contributed by atoms with van der Waals surface area (Å²) in [5, 5.41) is 8.90. The van der Waals surface area contributed by atoms with Crippen LogP contribution in [0.4, 0.5) is 0 Å². The summed E-state index contributed by atoms with van der Waals surface area (Å²) in [5.41, 5.74) is 2.47. The van der Waals surface area contributed by atoms with E-state index >= 15 is 0 Å². The van der Waals surface area contributed by atoms with E-state index in [1.54, 1.807) is 6.20 Å². The summed E-state index contributed by atoms with van der Waals surface area (Å²) in [6.07, 6.45) is 5.15. The number of rotatable bonds is 1. The average Bonchev–Trinajstić information content (AvgIpc) is 2.48. The van der Waals surface area contributed by atoms with Crippen LogP contribution in [0, 0.1) is 0 Å². The van der Waals surface area contributed by atoms with Crippen molar-refractivity contribution in [3.63, 3.8) is 0 Å². The van der Waals surface area contributed by atoms with Crippen LogP contribution in [-0.2, 0) is 6.42 Å². The molecule has 0 aliphatic heterocycles. The predicted octanol–water partition coefficient (Wildman–Crippen LogP) is 1.83. The minimum absolute atomic E-state index is 0.377. The van der Waals surface area contributed by atoms with Crippen molar-refractivity contribution in [2.45, 2.75) is 25.7 Å². The molecule has 1 aromatic rings. The van der Waals surface area contributed by atoms with E-state index in [1.807, 2.05) is 0 Å². The molecular formula is C10H11NO2. The highest BCUT2D eigenvalue weighted by Gasteiger charge is 2.23. The molecule has 0 bridgehead atoms. The van der Waals surface area contributed by atoms with Gasteiger partial charge in [0.2, 0.25) is 0 Å². The van der Waals surface area contributed by atoms with Gasteiger partial charge >= 0.3 is 5.97 Å². The van der Waals surface area contributed by atoms with Crippen LogP contribution in [0.1, 0.15) is 40.7 Å². The van der Waals surface area contributed by atoms with Crippen LogP contribution in [0.15, 0.2) is 12.4 Å². The Morgan fingerprint density at radius 1 is 1.62 bits per heavy atom. The van der Waals surface area contributed by atoms with E-state index in [-0.39, 0.29) is 0 Å². The number of aromatic nitrogens is 1. The van der Waals surface area contributed by atoms with Gasteiger partial charge in [-0.2, -0.15) is 0 Å². The van der Waals surface area contributed by atoms with Crippen LogP contribution >= 0.6 is 0 Å². The molecular weight excluding hydrogens is 166 g/mol. The molecule has 0 radical (unpaired) electrons. The summed E-state index contributed by atoms with van der Waals surface area (Å²) >= 11 is 0. The molecule has 0 saturated carbocycles. The third kappa shape index (κ3) is 1.20. The fourth-order valence-electron chi connectivity index (χ4n) is 1.91. The molecule has 1 atom stereocenters. The van der Waals surface area contributed by atoms with Crippen molar-refractivity contribution in [2.75, 3.05) is 0 Å². The van der Waals surface area contributed by atoms with Crippen LogP contribution in [-0.4, -0.2) is 16.1 Å². The van der Waals surface area contributed by atoms with E-state index in [1.165, 1.54) is 6.20 Å². The first-order valence-corrected chi connectivity index (χ1v) is 4.40. The average molecular weight is 177 g/mol. The fourth-order valence-corrected chi connectivity index (χ4v) is 1.91. The lowest BCUT2D eigenvalue weighted by Crippen LogP contribution is -2.03. The minimum Gasteiger partial charge on any atom is -0.478 e. The predicted molar refractivity (Wildman–Crippen MR) is 47.9 cm³/mol. The van der Waals surface area contributed by atoms with E-state index in [0.29, 0.717) is 11.5 Å². The number of fused-ring (bicyclic) bond motifs is 1. The number of nitrogens with zero attached hydrogens (tertiary/aromatic N) is 1. The summed E-state index contributed by atoms with van der Waals surface area (Å²) in [7, 11) is 0. The first-order valence-electron chi connectivity index (χ1n) is 4.40. The Morgan fingerprint density at radius 3 is 3.08 bits per heavy atom. The SMILES string of the molecule is CC1CCc2c(C(=O)O)cncc21. The molecule has 1 aliphatic carbocycles. The highest BCUT2D eigenvalue weighted by Crippen LogP contribution is 2.33. The van der Waals surface area contributed by atoms with Gasteiger partial charge in [0.15, 0.2) is 0 Å². The van der Waals surface area contributed by atoms with E-state index in [4.69, 9.17) is 5.11 Å². The minimum atomic E-state index is -0.863. The lowest BCUT2D eigenvalue weighted by Gasteiger charge is -2.04. The van der Waals surface area contributed by atoms with Crippen molar-refractivity contribution < 1.29 is 9.90 Å². The first-order chi connectivity index (χ1) is 6.20. The number of aromatic carboxylic acids is 1. The van der Waals surface area contributed by atoms with Crippen molar-refractivity contribution >= 4 is 5.97 Å². The molecule has 0 fully saturated rings. The number of carboxylic acid groups (broad SMARTS) is 1. The van der Waals surface area contributed by atoms with Crippen LogP contribution in [0.3, 0.4) is 0 Å². The fraction of sp³-hybridized carbons (Fsp3) is 0.400. The van der Waals surface area contributed by atoms with Gasteiger partial charge in [0.25, 0.3) is 0 Å². The maximum atomic E-state index is 10.8. The number of hydrogen-bond acceptors (Lipinski definition) is 2. The normalized spacial score (nSPS) is 19.9. The van der Waals surface area contributed by atoms with E-state index in [2.05, 4.69) is 11.9 Å². The molecule has 0 amide bonds. The molecule has 1 aromatic heterocycles. The second kappa shape index (κ2) is 2.83. The number of carbonyl (C=O) groups is 1. The van der Waals surface area contributed by atoms with E-state index in [0.717, 1.165) is 24.0 Å². The number of pyridine rings is 1. The first kappa shape index (κ1) is 8.23. The van der Waals surface area contributed by atoms with E-state index < -0.39 is 5.97 Å². The van der Waals surface area contributed by atoms with Crippen LogP contribution in [0.2, 0.25) is 0 Å². The zero-order valence-corrected chi connectivity index (χ0v) is 7.45.